The minimum absolute atomic E-state index is 0.126. The van der Waals surface area contributed by atoms with Crippen molar-refractivity contribution in [1.82, 2.24) is 0 Å². The molecule has 3 aromatic rings. The molecule has 128 valence electrons. The fourth-order valence-corrected chi connectivity index (χ4v) is 4.13. The first-order chi connectivity index (χ1) is 12.6. The summed E-state index contributed by atoms with van der Waals surface area (Å²) in [5.41, 5.74) is 7.95. The maximum Gasteiger partial charge on any atom is 0.107 e. The van der Waals surface area contributed by atoms with Crippen molar-refractivity contribution in [1.29, 1.82) is 0 Å². The van der Waals surface area contributed by atoms with Gasteiger partial charge >= 0.3 is 0 Å². The molecule has 0 N–H and O–H groups in total. The molecule has 0 amide bonds. The van der Waals surface area contributed by atoms with Crippen LogP contribution in [-0.2, 0) is 4.74 Å². The summed E-state index contributed by atoms with van der Waals surface area (Å²) >= 11 is 18.8. The number of rotatable bonds is 2. The molecule has 0 spiro atoms. The standard InChI is InChI=1S/C22H13Cl3O/c23-13-3-1-12(2-4-13)7-17-18-8-14(24)5-6-16(18)22-19(17)9-15(25)10-20(22)21-11-26-21/h1-10,21H,11H2/b17-7-/t21-/m0/s1. The monoisotopic (exact) mass is 398 g/mol. The molecule has 3 aromatic carbocycles. The summed E-state index contributed by atoms with van der Waals surface area (Å²) in [5.74, 6) is 0. The van der Waals surface area contributed by atoms with E-state index in [1.807, 2.05) is 48.5 Å². The molecular weight excluding hydrogens is 387 g/mol. The molecule has 0 radical (unpaired) electrons. The summed E-state index contributed by atoms with van der Waals surface area (Å²) in [5, 5.41) is 2.16. The largest absolute Gasteiger partial charge is 0.368 e. The smallest absolute Gasteiger partial charge is 0.107 e. The number of fused-ring (bicyclic) bond motifs is 3. The van der Waals surface area contributed by atoms with Gasteiger partial charge in [-0.1, -0.05) is 53.0 Å². The second-order valence-corrected chi connectivity index (χ2v) is 7.85. The van der Waals surface area contributed by atoms with Crippen molar-refractivity contribution >= 4 is 46.5 Å². The van der Waals surface area contributed by atoms with Gasteiger partial charge in [0, 0.05) is 15.1 Å². The highest BCUT2D eigenvalue weighted by molar-refractivity contribution is 6.32. The lowest BCUT2D eigenvalue weighted by Gasteiger charge is -2.08. The number of epoxide rings is 1. The summed E-state index contributed by atoms with van der Waals surface area (Å²) in [4.78, 5) is 0. The van der Waals surface area contributed by atoms with Crippen molar-refractivity contribution in [2.75, 3.05) is 6.61 Å². The van der Waals surface area contributed by atoms with Gasteiger partial charge in [-0.15, -0.1) is 0 Å². The normalized spacial score (nSPS) is 18.7. The molecule has 0 bridgehead atoms. The van der Waals surface area contributed by atoms with Crippen molar-refractivity contribution in [3.8, 4) is 11.1 Å². The van der Waals surface area contributed by atoms with Crippen LogP contribution in [0.5, 0.6) is 0 Å². The van der Waals surface area contributed by atoms with E-state index in [1.54, 1.807) is 0 Å². The number of hydrogen-bond donors (Lipinski definition) is 0. The fraction of sp³-hybridized carbons (Fsp3) is 0.0909. The van der Waals surface area contributed by atoms with Gasteiger partial charge < -0.3 is 4.74 Å². The first-order valence-electron chi connectivity index (χ1n) is 8.33. The van der Waals surface area contributed by atoms with Crippen LogP contribution in [0.4, 0.5) is 0 Å². The average Bonchev–Trinajstić information content (AvgIpc) is 3.42. The van der Waals surface area contributed by atoms with Crippen molar-refractivity contribution in [2.45, 2.75) is 6.10 Å². The highest BCUT2D eigenvalue weighted by Crippen LogP contribution is 2.51. The van der Waals surface area contributed by atoms with Crippen molar-refractivity contribution in [3.05, 3.63) is 91.9 Å². The molecule has 1 fully saturated rings. The Morgan fingerprint density at radius 3 is 2.19 bits per heavy atom. The third-order valence-corrected chi connectivity index (χ3v) is 5.53. The second kappa shape index (κ2) is 6.14. The van der Waals surface area contributed by atoms with Crippen LogP contribution in [0.1, 0.15) is 28.4 Å². The average molecular weight is 400 g/mol. The molecule has 2 aliphatic rings. The zero-order valence-corrected chi connectivity index (χ0v) is 15.9. The van der Waals surface area contributed by atoms with E-state index in [4.69, 9.17) is 39.5 Å². The Morgan fingerprint density at radius 1 is 0.769 bits per heavy atom. The van der Waals surface area contributed by atoms with E-state index in [0.717, 1.165) is 44.5 Å². The van der Waals surface area contributed by atoms with E-state index in [9.17, 15) is 0 Å². The molecule has 0 aromatic heterocycles. The van der Waals surface area contributed by atoms with Gasteiger partial charge in [0.2, 0.25) is 0 Å². The number of benzene rings is 3. The predicted octanol–water partition coefficient (Wildman–Crippen LogP) is 7.29. The highest BCUT2D eigenvalue weighted by Gasteiger charge is 2.34. The summed E-state index contributed by atoms with van der Waals surface area (Å²) in [6.07, 6.45) is 2.28. The van der Waals surface area contributed by atoms with Gasteiger partial charge in [0.1, 0.15) is 6.10 Å². The van der Waals surface area contributed by atoms with Crippen LogP contribution in [-0.4, -0.2) is 6.61 Å². The van der Waals surface area contributed by atoms with Gasteiger partial charge in [-0.2, -0.15) is 0 Å². The minimum Gasteiger partial charge on any atom is -0.368 e. The van der Waals surface area contributed by atoms with E-state index in [-0.39, 0.29) is 6.10 Å². The highest BCUT2D eigenvalue weighted by atomic mass is 35.5. The first-order valence-corrected chi connectivity index (χ1v) is 9.46. The Labute approximate surface area is 166 Å². The van der Waals surface area contributed by atoms with Gasteiger partial charge in [0.25, 0.3) is 0 Å². The van der Waals surface area contributed by atoms with E-state index >= 15 is 0 Å². The van der Waals surface area contributed by atoms with Crippen molar-refractivity contribution in [2.24, 2.45) is 0 Å². The number of ether oxygens (including phenoxy) is 1. The molecule has 26 heavy (non-hydrogen) atoms. The van der Waals surface area contributed by atoms with Gasteiger partial charge in [0.15, 0.2) is 0 Å². The van der Waals surface area contributed by atoms with Crippen molar-refractivity contribution in [3.63, 3.8) is 0 Å². The predicted molar refractivity (Wildman–Crippen MR) is 109 cm³/mol. The van der Waals surface area contributed by atoms with Gasteiger partial charge in [0.05, 0.1) is 6.61 Å². The van der Waals surface area contributed by atoms with Crippen LogP contribution in [0, 0.1) is 0 Å². The first kappa shape index (κ1) is 16.4. The number of hydrogen-bond acceptors (Lipinski definition) is 1. The topological polar surface area (TPSA) is 12.5 Å². The van der Waals surface area contributed by atoms with Crippen LogP contribution in [0.3, 0.4) is 0 Å². The maximum absolute atomic E-state index is 6.44. The summed E-state index contributed by atoms with van der Waals surface area (Å²) in [6.45, 7) is 0.742. The summed E-state index contributed by atoms with van der Waals surface area (Å²) in [7, 11) is 0. The van der Waals surface area contributed by atoms with Gasteiger partial charge in [-0.3, -0.25) is 0 Å². The Hall–Kier alpha value is -1.77. The molecule has 1 saturated heterocycles. The van der Waals surface area contributed by atoms with Crippen LogP contribution in [0.25, 0.3) is 22.8 Å². The van der Waals surface area contributed by atoms with E-state index in [1.165, 1.54) is 11.1 Å². The zero-order valence-electron chi connectivity index (χ0n) is 13.6. The van der Waals surface area contributed by atoms with Gasteiger partial charge in [-0.25, -0.2) is 0 Å². The Balaban J connectivity index is 1.79. The van der Waals surface area contributed by atoms with E-state index < -0.39 is 0 Å². The minimum atomic E-state index is 0.126. The lowest BCUT2D eigenvalue weighted by atomic mass is 9.97. The van der Waals surface area contributed by atoms with Crippen LogP contribution in [0.2, 0.25) is 15.1 Å². The maximum atomic E-state index is 6.44. The molecule has 1 aliphatic carbocycles. The molecule has 1 aliphatic heterocycles. The Bertz CT molecular complexity index is 1060. The lowest BCUT2D eigenvalue weighted by molar-refractivity contribution is 0.416. The third kappa shape index (κ3) is 2.76. The quantitative estimate of drug-likeness (QED) is 0.322. The number of halogens is 3. The second-order valence-electron chi connectivity index (χ2n) is 6.54. The fourth-order valence-electron chi connectivity index (χ4n) is 3.61. The molecule has 1 atom stereocenters. The van der Waals surface area contributed by atoms with E-state index in [0.29, 0.717) is 5.02 Å². The SMILES string of the molecule is Clc1ccc(/C=C2/c3cc(Cl)ccc3-c3c2cc(Cl)cc3[C@@H]2CO2)cc1. The lowest BCUT2D eigenvalue weighted by Crippen LogP contribution is -1.89. The molecule has 4 heteroatoms. The van der Waals surface area contributed by atoms with Crippen molar-refractivity contribution < 1.29 is 4.74 Å². The molecular formula is C22H13Cl3O. The molecule has 5 rings (SSSR count). The third-order valence-electron chi connectivity index (χ3n) is 4.83. The molecule has 0 unspecified atom stereocenters. The Morgan fingerprint density at radius 2 is 1.46 bits per heavy atom. The molecule has 0 saturated carbocycles. The van der Waals surface area contributed by atoms with E-state index in [2.05, 4.69) is 12.1 Å². The van der Waals surface area contributed by atoms with Crippen LogP contribution >= 0.6 is 34.8 Å². The van der Waals surface area contributed by atoms with Crippen LogP contribution in [0.15, 0.2) is 54.6 Å². The Kier molecular flexibility index (Phi) is 3.88. The van der Waals surface area contributed by atoms with Gasteiger partial charge in [-0.05, 0) is 81.4 Å². The molecule has 1 nitrogen and oxygen atoms in total. The summed E-state index contributed by atoms with van der Waals surface area (Å²) in [6, 6.07) is 17.9. The zero-order chi connectivity index (χ0) is 17.8. The van der Waals surface area contributed by atoms with Crippen LogP contribution < -0.4 is 0 Å². The molecule has 1 heterocycles. The summed E-state index contributed by atoms with van der Waals surface area (Å²) < 4.78 is 5.56.